The topological polar surface area (TPSA) is 82.5 Å². The van der Waals surface area contributed by atoms with Crippen molar-refractivity contribution in [1.29, 1.82) is 5.41 Å². The first kappa shape index (κ1) is 23.8. The zero-order valence-electron chi connectivity index (χ0n) is 17.3. The minimum absolute atomic E-state index is 0.0433. The second-order valence-electron chi connectivity index (χ2n) is 7.06. The molecule has 1 aliphatic heterocycles. The Morgan fingerprint density at radius 1 is 1.06 bits per heavy atom. The Balaban J connectivity index is 1.51. The molecule has 2 amide bonds. The number of amidine groups is 1. The second-order valence-corrected chi connectivity index (χ2v) is 8.96. The fourth-order valence-corrected chi connectivity index (χ4v) is 4.25. The molecule has 3 aromatic rings. The van der Waals surface area contributed by atoms with Gasteiger partial charge in [0.25, 0.3) is 11.8 Å². The van der Waals surface area contributed by atoms with E-state index in [-0.39, 0.29) is 17.7 Å². The Hall–Kier alpha value is -3.33. The smallest absolute Gasteiger partial charge is 0.271 e. The van der Waals surface area contributed by atoms with E-state index in [1.165, 1.54) is 29.2 Å². The van der Waals surface area contributed by atoms with Crippen molar-refractivity contribution in [1.82, 2.24) is 0 Å². The molecule has 172 valence electrons. The Bertz CT molecular complexity index is 1300. The summed E-state index contributed by atoms with van der Waals surface area (Å²) in [5, 5.41) is 11.8. The molecular weight excluding hydrogens is 500 g/mol. The third-order valence-electron chi connectivity index (χ3n) is 4.65. The molecule has 0 spiro atoms. The van der Waals surface area contributed by atoms with Gasteiger partial charge in [-0.2, -0.15) is 0 Å². The van der Waals surface area contributed by atoms with Gasteiger partial charge < -0.3 is 10.1 Å². The van der Waals surface area contributed by atoms with E-state index in [9.17, 15) is 14.0 Å². The number of carbonyl (C=O) groups excluding carboxylic acids is 2. The van der Waals surface area contributed by atoms with E-state index in [0.717, 1.165) is 11.8 Å². The lowest BCUT2D eigenvalue weighted by Gasteiger charge is -2.14. The molecule has 4 rings (SSSR count). The predicted molar refractivity (Wildman–Crippen MR) is 134 cm³/mol. The van der Waals surface area contributed by atoms with Gasteiger partial charge in [0.1, 0.15) is 11.6 Å². The molecule has 1 saturated heterocycles. The number of benzene rings is 3. The van der Waals surface area contributed by atoms with Crippen LogP contribution >= 0.6 is 35.0 Å². The van der Waals surface area contributed by atoms with Crippen LogP contribution in [0.5, 0.6) is 5.75 Å². The van der Waals surface area contributed by atoms with Crippen molar-refractivity contribution in [2.75, 3.05) is 16.8 Å². The largest absolute Gasteiger partial charge is 0.483 e. The predicted octanol–water partition coefficient (Wildman–Crippen LogP) is 6.21. The number of nitrogens with zero attached hydrogens (tertiary/aromatic N) is 1. The van der Waals surface area contributed by atoms with Gasteiger partial charge in [0.15, 0.2) is 11.8 Å². The van der Waals surface area contributed by atoms with E-state index in [1.54, 1.807) is 48.5 Å². The maximum absolute atomic E-state index is 13.0. The number of anilines is 2. The van der Waals surface area contributed by atoms with Gasteiger partial charge in [0.05, 0.1) is 10.6 Å². The van der Waals surface area contributed by atoms with Gasteiger partial charge in [0, 0.05) is 21.3 Å². The fraction of sp³-hybridized carbons (Fsp3) is 0.0417. The standard InChI is InChI=1S/C24H16Cl2FN3O3S/c25-15-1-8-19(9-2-15)30-23(32)21(34-24(30)28)12-14-11-16(26)3-10-20(14)33-13-22(31)29-18-6-4-17(27)5-7-18/h1-12,28H,13H2,(H,29,31)/b21-12-,28-24?. The summed E-state index contributed by atoms with van der Waals surface area (Å²) in [6.07, 6.45) is 1.57. The maximum atomic E-state index is 13.0. The third-order valence-corrected chi connectivity index (χ3v) is 6.03. The van der Waals surface area contributed by atoms with Crippen LogP contribution in [-0.4, -0.2) is 23.6 Å². The van der Waals surface area contributed by atoms with E-state index < -0.39 is 11.7 Å². The summed E-state index contributed by atoms with van der Waals surface area (Å²) in [7, 11) is 0. The first-order valence-electron chi connectivity index (χ1n) is 9.86. The minimum atomic E-state index is -0.442. The summed E-state index contributed by atoms with van der Waals surface area (Å²) >= 11 is 13.1. The van der Waals surface area contributed by atoms with Crippen LogP contribution < -0.4 is 15.0 Å². The first-order chi connectivity index (χ1) is 16.3. The molecule has 3 aromatic carbocycles. The maximum Gasteiger partial charge on any atom is 0.271 e. The van der Waals surface area contributed by atoms with Crippen molar-refractivity contribution < 1.29 is 18.7 Å². The molecule has 0 saturated carbocycles. The lowest BCUT2D eigenvalue weighted by Crippen LogP contribution is -2.27. The fourth-order valence-electron chi connectivity index (χ4n) is 3.09. The number of halogens is 3. The van der Waals surface area contributed by atoms with Crippen LogP contribution in [0.2, 0.25) is 10.0 Å². The van der Waals surface area contributed by atoms with Crippen molar-refractivity contribution in [3.8, 4) is 5.75 Å². The van der Waals surface area contributed by atoms with Crippen LogP contribution in [0.15, 0.2) is 71.6 Å². The molecule has 0 radical (unpaired) electrons. The summed E-state index contributed by atoms with van der Waals surface area (Å²) in [4.78, 5) is 26.8. The highest BCUT2D eigenvalue weighted by Crippen LogP contribution is 2.37. The second kappa shape index (κ2) is 10.3. The Morgan fingerprint density at radius 3 is 2.44 bits per heavy atom. The lowest BCUT2D eigenvalue weighted by atomic mass is 10.1. The monoisotopic (exact) mass is 515 g/mol. The van der Waals surface area contributed by atoms with Crippen molar-refractivity contribution in [2.24, 2.45) is 0 Å². The number of hydrogen-bond acceptors (Lipinski definition) is 5. The van der Waals surface area contributed by atoms with Crippen LogP contribution in [0.4, 0.5) is 15.8 Å². The first-order valence-corrected chi connectivity index (χ1v) is 11.4. The minimum Gasteiger partial charge on any atom is -0.483 e. The van der Waals surface area contributed by atoms with E-state index >= 15 is 0 Å². The Labute approximate surface area is 208 Å². The van der Waals surface area contributed by atoms with E-state index in [4.69, 9.17) is 33.3 Å². The summed E-state index contributed by atoms with van der Waals surface area (Å²) in [6.45, 7) is -0.316. The van der Waals surface area contributed by atoms with E-state index in [1.807, 2.05) is 0 Å². The number of ether oxygens (including phenoxy) is 1. The highest BCUT2D eigenvalue weighted by atomic mass is 35.5. The quantitative estimate of drug-likeness (QED) is 0.382. The van der Waals surface area contributed by atoms with Crippen LogP contribution in [-0.2, 0) is 9.59 Å². The number of rotatable bonds is 6. The van der Waals surface area contributed by atoms with Crippen LogP contribution in [0.25, 0.3) is 6.08 Å². The molecule has 10 heteroatoms. The van der Waals surface area contributed by atoms with Crippen molar-refractivity contribution in [2.45, 2.75) is 0 Å². The highest BCUT2D eigenvalue weighted by molar-refractivity contribution is 8.19. The molecule has 0 aromatic heterocycles. The Morgan fingerprint density at radius 2 is 1.74 bits per heavy atom. The molecule has 2 N–H and O–H groups in total. The van der Waals surface area contributed by atoms with Crippen molar-refractivity contribution >= 4 is 69.4 Å². The van der Waals surface area contributed by atoms with Gasteiger partial charge in [0.2, 0.25) is 0 Å². The summed E-state index contributed by atoms with van der Waals surface area (Å²) in [5.41, 5.74) is 1.43. The molecule has 6 nitrogen and oxygen atoms in total. The summed E-state index contributed by atoms with van der Waals surface area (Å²) in [6, 6.07) is 16.7. The molecule has 0 aliphatic carbocycles. The van der Waals surface area contributed by atoms with Crippen molar-refractivity contribution in [3.05, 3.63) is 93.1 Å². The molecule has 1 aliphatic rings. The normalized spacial score (nSPS) is 14.6. The van der Waals surface area contributed by atoms with Gasteiger partial charge in [-0.1, -0.05) is 23.2 Å². The lowest BCUT2D eigenvalue weighted by molar-refractivity contribution is -0.118. The summed E-state index contributed by atoms with van der Waals surface area (Å²) < 4.78 is 18.7. The number of carbonyl (C=O) groups is 2. The van der Waals surface area contributed by atoms with E-state index in [2.05, 4.69) is 5.32 Å². The molecule has 0 unspecified atom stereocenters. The third kappa shape index (κ3) is 5.59. The zero-order valence-corrected chi connectivity index (χ0v) is 19.7. The number of hydrogen-bond donors (Lipinski definition) is 2. The zero-order chi connectivity index (χ0) is 24.2. The van der Waals surface area contributed by atoms with Gasteiger partial charge in [-0.3, -0.25) is 19.9 Å². The van der Waals surface area contributed by atoms with Gasteiger partial charge >= 0.3 is 0 Å². The summed E-state index contributed by atoms with van der Waals surface area (Å²) in [5.74, 6) is -0.898. The average Bonchev–Trinajstić information content (AvgIpc) is 3.08. The molecule has 1 fully saturated rings. The van der Waals surface area contributed by atoms with E-state index in [0.29, 0.717) is 37.6 Å². The molecule has 0 bridgehead atoms. The number of nitrogens with one attached hydrogen (secondary N) is 2. The van der Waals surface area contributed by atoms with Gasteiger partial charge in [-0.15, -0.1) is 0 Å². The van der Waals surface area contributed by atoms with Crippen LogP contribution in [0.3, 0.4) is 0 Å². The van der Waals surface area contributed by atoms with Crippen LogP contribution in [0.1, 0.15) is 5.56 Å². The molecule has 0 atom stereocenters. The number of amides is 2. The molecular formula is C24H16Cl2FN3O3S. The SMILES string of the molecule is N=C1S/C(=C\c2cc(Cl)ccc2OCC(=O)Nc2ccc(F)cc2)C(=O)N1c1ccc(Cl)cc1. The Kier molecular flexibility index (Phi) is 7.21. The van der Waals surface area contributed by atoms with Crippen molar-refractivity contribution in [3.63, 3.8) is 0 Å². The van der Waals surface area contributed by atoms with Gasteiger partial charge in [-0.25, -0.2) is 4.39 Å². The number of thioether (sulfide) groups is 1. The van der Waals surface area contributed by atoms with Gasteiger partial charge in [-0.05, 0) is 84.6 Å². The van der Waals surface area contributed by atoms with Crippen LogP contribution in [0, 0.1) is 11.2 Å². The molecule has 34 heavy (non-hydrogen) atoms. The average molecular weight is 516 g/mol. The molecule has 1 heterocycles. The highest BCUT2D eigenvalue weighted by Gasteiger charge is 2.33.